The van der Waals surface area contributed by atoms with Gasteiger partial charge in [-0.05, 0) is 57.3 Å². The van der Waals surface area contributed by atoms with E-state index < -0.39 is 0 Å². The number of pyridine rings is 1. The van der Waals surface area contributed by atoms with E-state index in [4.69, 9.17) is 4.74 Å². The van der Waals surface area contributed by atoms with Gasteiger partial charge in [0.05, 0.1) is 10.9 Å². The van der Waals surface area contributed by atoms with Crippen LogP contribution in [0.5, 0.6) is 11.5 Å². The molecular weight excluding hydrogens is 402 g/mol. The summed E-state index contributed by atoms with van der Waals surface area (Å²) in [5, 5.41) is 7.36. The summed E-state index contributed by atoms with van der Waals surface area (Å²) >= 11 is 0. The number of hydrogen-bond donors (Lipinski definition) is 0. The number of ether oxygens (including phenoxy) is 1. The summed E-state index contributed by atoms with van der Waals surface area (Å²) in [6, 6.07) is 32.4. The Morgan fingerprint density at radius 2 is 1.42 bits per heavy atom. The number of nitrogens with zero attached hydrogens (tertiary/aromatic N) is 1. The first-order valence-corrected chi connectivity index (χ1v) is 11.3. The summed E-state index contributed by atoms with van der Waals surface area (Å²) in [7, 11) is 2.13. The third kappa shape index (κ3) is 2.52. The Morgan fingerprint density at radius 1 is 0.667 bits per heavy atom. The third-order valence-electron chi connectivity index (χ3n) is 7.04. The summed E-state index contributed by atoms with van der Waals surface area (Å²) in [6.45, 7) is 2.21. The van der Waals surface area contributed by atoms with E-state index in [1.54, 1.807) is 0 Å². The Hall–Kier alpha value is -4.17. The molecule has 0 atom stereocenters. The standard InChI is InChI=1S/C31H22NO/c1-19-23-13-7-6-11-21(23)17-26-28(19)31-30-25(15-16-32(31)2)29-22(18-27(30)33-26)12-8-14-24(29)20-9-4-3-5-10-20/h3-18H,1-2H3/q+1. The molecule has 7 rings (SSSR count). The quantitative estimate of drug-likeness (QED) is 0.194. The monoisotopic (exact) mass is 424 g/mol. The molecule has 0 bridgehead atoms. The summed E-state index contributed by atoms with van der Waals surface area (Å²) in [4.78, 5) is 0. The van der Waals surface area contributed by atoms with Crippen LogP contribution in [-0.4, -0.2) is 0 Å². The maximum atomic E-state index is 6.63. The van der Waals surface area contributed by atoms with Crippen LogP contribution in [0.15, 0.2) is 97.2 Å². The number of aryl methyl sites for hydroxylation is 2. The van der Waals surface area contributed by atoms with Crippen LogP contribution >= 0.6 is 0 Å². The van der Waals surface area contributed by atoms with Crippen LogP contribution in [0.3, 0.4) is 0 Å². The molecule has 2 nitrogen and oxygen atoms in total. The Balaban J connectivity index is 1.66. The lowest BCUT2D eigenvalue weighted by Gasteiger charge is -2.23. The molecule has 0 amide bonds. The molecule has 2 heterocycles. The van der Waals surface area contributed by atoms with Gasteiger partial charge >= 0.3 is 0 Å². The molecule has 5 aromatic carbocycles. The van der Waals surface area contributed by atoms with Crippen molar-refractivity contribution in [3.63, 3.8) is 0 Å². The lowest BCUT2D eigenvalue weighted by Crippen LogP contribution is -2.31. The van der Waals surface area contributed by atoms with Crippen molar-refractivity contribution in [3.05, 3.63) is 103 Å². The van der Waals surface area contributed by atoms with Crippen LogP contribution in [0, 0.1) is 6.92 Å². The zero-order chi connectivity index (χ0) is 22.1. The second-order valence-corrected chi connectivity index (χ2v) is 8.91. The normalized spacial score (nSPS) is 12.2. The van der Waals surface area contributed by atoms with E-state index in [1.807, 2.05) is 0 Å². The van der Waals surface area contributed by atoms with Crippen molar-refractivity contribution in [2.45, 2.75) is 6.92 Å². The molecule has 1 aromatic heterocycles. The van der Waals surface area contributed by atoms with Crippen LogP contribution in [-0.2, 0) is 7.05 Å². The van der Waals surface area contributed by atoms with E-state index in [2.05, 4.69) is 116 Å². The highest BCUT2D eigenvalue weighted by Gasteiger charge is 2.31. The summed E-state index contributed by atoms with van der Waals surface area (Å²) in [5.74, 6) is 1.86. The highest BCUT2D eigenvalue weighted by Crippen LogP contribution is 2.50. The van der Waals surface area contributed by atoms with E-state index in [1.165, 1.54) is 60.3 Å². The van der Waals surface area contributed by atoms with E-state index >= 15 is 0 Å². The fraction of sp³-hybridized carbons (Fsp3) is 0.0645. The molecule has 33 heavy (non-hydrogen) atoms. The Labute approximate surface area is 192 Å². The minimum atomic E-state index is 0.927. The SMILES string of the molecule is Cc1c2c(cc3ccccc13)Oc1cc3cccc(-c4ccccc4)c3c3cc[n+](C)c-2c13. The topological polar surface area (TPSA) is 13.1 Å². The number of rotatable bonds is 1. The molecule has 156 valence electrons. The number of hydrogen-bond acceptors (Lipinski definition) is 1. The maximum absolute atomic E-state index is 6.63. The lowest BCUT2D eigenvalue weighted by molar-refractivity contribution is -0.659. The molecule has 1 aliphatic rings. The third-order valence-corrected chi connectivity index (χ3v) is 7.04. The Morgan fingerprint density at radius 3 is 2.30 bits per heavy atom. The second-order valence-electron chi connectivity index (χ2n) is 8.91. The maximum Gasteiger partial charge on any atom is 0.228 e. The van der Waals surface area contributed by atoms with Crippen molar-refractivity contribution in [1.82, 2.24) is 0 Å². The van der Waals surface area contributed by atoms with E-state index in [0.29, 0.717) is 0 Å². The molecule has 1 aliphatic heterocycles. The highest BCUT2D eigenvalue weighted by molar-refractivity contribution is 6.20. The molecule has 0 aliphatic carbocycles. The number of benzene rings is 5. The van der Waals surface area contributed by atoms with Crippen molar-refractivity contribution in [1.29, 1.82) is 0 Å². The first-order valence-electron chi connectivity index (χ1n) is 11.3. The van der Waals surface area contributed by atoms with Gasteiger partial charge in [0.1, 0.15) is 18.5 Å². The summed E-state index contributed by atoms with van der Waals surface area (Å²) in [6.07, 6.45) is 2.19. The van der Waals surface area contributed by atoms with E-state index in [-0.39, 0.29) is 0 Å². The Kier molecular flexibility index (Phi) is 3.72. The highest BCUT2D eigenvalue weighted by atomic mass is 16.5. The van der Waals surface area contributed by atoms with Gasteiger partial charge in [-0.2, -0.15) is 0 Å². The average Bonchev–Trinajstić information content (AvgIpc) is 2.85. The van der Waals surface area contributed by atoms with Gasteiger partial charge in [-0.25, -0.2) is 4.57 Å². The molecular formula is C31H22NO+. The van der Waals surface area contributed by atoms with Crippen LogP contribution in [0.1, 0.15) is 5.56 Å². The number of aromatic nitrogens is 1. The van der Waals surface area contributed by atoms with E-state index in [0.717, 1.165) is 11.5 Å². The van der Waals surface area contributed by atoms with E-state index in [9.17, 15) is 0 Å². The smallest absolute Gasteiger partial charge is 0.228 e. The first-order chi connectivity index (χ1) is 16.2. The molecule has 0 saturated carbocycles. The van der Waals surface area contributed by atoms with Crippen molar-refractivity contribution in [2.75, 3.05) is 0 Å². The molecule has 2 heteroatoms. The van der Waals surface area contributed by atoms with Crippen molar-refractivity contribution < 1.29 is 9.30 Å². The fourth-order valence-corrected chi connectivity index (χ4v) is 5.54. The van der Waals surface area contributed by atoms with Gasteiger partial charge in [0.15, 0.2) is 6.20 Å². The van der Waals surface area contributed by atoms with Gasteiger partial charge in [0, 0.05) is 11.5 Å². The van der Waals surface area contributed by atoms with Crippen LogP contribution in [0.25, 0.3) is 54.7 Å². The summed E-state index contributed by atoms with van der Waals surface area (Å²) in [5.41, 5.74) is 6.14. The molecule has 0 spiro atoms. The molecule has 0 saturated heterocycles. The van der Waals surface area contributed by atoms with Gasteiger partial charge in [0.25, 0.3) is 0 Å². The minimum Gasteiger partial charge on any atom is -0.456 e. The van der Waals surface area contributed by atoms with Crippen LogP contribution in [0.2, 0.25) is 0 Å². The zero-order valence-electron chi connectivity index (χ0n) is 18.6. The molecule has 6 aromatic rings. The van der Waals surface area contributed by atoms with Gasteiger partial charge in [-0.1, -0.05) is 72.8 Å². The van der Waals surface area contributed by atoms with Gasteiger partial charge in [-0.3, -0.25) is 0 Å². The predicted octanol–water partition coefficient (Wildman–Crippen LogP) is 7.72. The average molecular weight is 425 g/mol. The lowest BCUT2D eigenvalue weighted by atomic mass is 9.88. The molecule has 0 N–H and O–H groups in total. The molecule has 0 radical (unpaired) electrons. The largest absolute Gasteiger partial charge is 0.456 e. The van der Waals surface area contributed by atoms with Crippen LogP contribution in [0.4, 0.5) is 0 Å². The fourth-order valence-electron chi connectivity index (χ4n) is 5.54. The van der Waals surface area contributed by atoms with Gasteiger partial charge in [0.2, 0.25) is 5.69 Å². The van der Waals surface area contributed by atoms with Gasteiger partial charge < -0.3 is 4.74 Å². The second kappa shape index (κ2) is 6.66. The van der Waals surface area contributed by atoms with Gasteiger partial charge in [-0.15, -0.1) is 0 Å². The Bertz CT molecular complexity index is 1750. The number of fused-ring (bicyclic) bond motifs is 5. The minimum absolute atomic E-state index is 0.927. The predicted molar refractivity (Wildman–Crippen MR) is 136 cm³/mol. The van der Waals surface area contributed by atoms with Crippen molar-refractivity contribution in [3.8, 4) is 33.9 Å². The van der Waals surface area contributed by atoms with Crippen molar-refractivity contribution in [2.24, 2.45) is 7.05 Å². The zero-order valence-corrected chi connectivity index (χ0v) is 18.6. The summed E-state index contributed by atoms with van der Waals surface area (Å²) < 4.78 is 8.88. The molecule has 0 fully saturated rings. The molecule has 0 unspecified atom stereocenters. The van der Waals surface area contributed by atoms with Crippen LogP contribution < -0.4 is 9.30 Å². The first kappa shape index (κ1) is 18.4. The van der Waals surface area contributed by atoms with Crippen molar-refractivity contribution >= 4 is 32.3 Å².